The molecule has 0 atom stereocenters. The van der Waals surface area contributed by atoms with Crippen molar-refractivity contribution in [2.75, 3.05) is 0 Å². The van der Waals surface area contributed by atoms with Gasteiger partial charge in [-0.15, -0.1) is 0 Å². The maximum atomic E-state index is 10.1. The van der Waals surface area contributed by atoms with Crippen molar-refractivity contribution in [3.63, 3.8) is 0 Å². The maximum Gasteiger partial charge on any atom is 0.489 e. The van der Waals surface area contributed by atoms with Crippen molar-refractivity contribution in [3.05, 3.63) is 345 Å². The number of hydrogen-bond acceptors (Lipinski definition) is 4. The summed E-state index contributed by atoms with van der Waals surface area (Å²) in [6, 6.07) is 111. The van der Waals surface area contributed by atoms with Crippen LogP contribution < -0.4 is 5.46 Å². The third-order valence-electron chi connectivity index (χ3n) is 19.5. The average molecular weight is 1320 g/mol. The molecule has 20 rings (SSSR count). The standard InChI is InChI=1S/C45H28N2.C32H21BO2.C13H9BrN2/c1-3-12-31(13-4-1)41-35-16-7-8-17-36(35)42(32-14-5-2-6-15-32)45-38-26-25-33(34-18-11-19-37(43(34)38)44(41)45)29-21-23-30(24-22-29)39-28-47-27-10-9-20-40(47)46-39;34-33(35)27-19-18-26-30-24(27)16-9-17-25(30)31-28(20-10-3-1-4-11-20)22-14-7-8-15-23(22)29(32(26)31)21-12-5-2-6-13-21;14-11-6-4-10(5-7-11)12-9-16-8-2-1-3-13(16)15-12/h1-28H;1-19,34-35H;1-9H. The third kappa shape index (κ3) is 9.87. The van der Waals surface area contributed by atoms with Gasteiger partial charge in [0.1, 0.15) is 11.3 Å². The normalized spacial score (nSPS) is 11.6. The number of benzene rings is 14. The first-order chi connectivity index (χ1) is 48.4. The zero-order valence-corrected chi connectivity index (χ0v) is 54.6. The Bertz CT molecular complexity index is 5880. The minimum atomic E-state index is -1.52. The molecule has 460 valence electrons. The number of halogens is 1. The molecule has 0 radical (unpaired) electrons. The van der Waals surface area contributed by atoms with Gasteiger partial charge in [0.2, 0.25) is 0 Å². The van der Waals surface area contributed by atoms with E-state index in [1.54, 1.807) is 0 Å². The van der Waals surface area contributed by atoms with Crippen LogP contribution in [0.15, 0.2) is 345 Å². The Balaban J connectivity index is 0.000000119. The lowest BCUT2D eigenvalue weighted by molar-refractivity contribution is 0.426. The molecule has 0 saturated heterocycles. The fraction of sp³-hybridized carbons (Fsp3) is 0. The van der Waals surface area contributed by atoms with Crippen molar-refractivity contribution in [2.24, 2.45) is 0 Å². The molecule has 18 aromatic rings. The summed E-state index contributed by atoms with van der Waals surface area (Å²) in [5.74, 6) is 0. The molecule has 0 amide bonds. The van der Waals surface area contributed by atoms with Crippen molar-refractivity contribution in [2.45, 2.75) is 0 Å². The van der Waals surface area contributed by atoms with E-state index in [0.29, 0.717) is 5.46 Å². The summed E-state index contributed by atoms with van der Waals surface area (Å²) in [7, 11) is -1.52. The van der Waals surface area contributed by atoms with Crippen LogP contribution in [0.25, 0.3) is 177 Å². The molecular formula is C90H58BBrN4O2. The van der Waals surface area contributed by atoms with Gasteiger partial charge in [0.25, 0.3) is 0 Å². The summed E-state index contributed by atoms with van der Waals surface area (Å²) >= 11 is 3.43. The van der Waals surface area contributed by atoms with Gasteiger partial charge in [0.05, 0.1) is 11.4 Å². The van der Waals surface area contributed by atoms with Gasteiger partial charge in [-0.2, -0.15) is 0 Å². The summed E-state index contributed by atoms with van der Waals surface area (Å²) in [6.45, 7) is 0. The van der Waals surface area contributed by atoms with Gasteiger partial charge in [0, 0.05) is 40.4 Å². The summed E-state index contributed by atoms with van der Waals surface area (Å²) in [4.78, 5) is 9.40. The molecule has 4 aromatic heterocycles. The van der Waals surface area contributed by atoms with Crippen LogP contribution in [0, 0.1) is 0 Å². The monoisotopic (exact) mass is 1320 g/mol. The summed E-state index contributed by atoms with van der Waals surface area (Å²) in [5, 5.41) is 29.8. The number of fused-ring (bicyclic) bond motifs is 10. The topological polar surface area (TPSA) is 75.1 Å². The molecule has 8 heteroatoms. The highest BCUT2D eigenvalue weighted by molar-refractivity contribution is 9.10. The fourth-order valence-corrected chi connectivity index (χ4v) is 15.6. The predicted molar refractivity (Wildman–Crippen MR) is 411 cm³/mol. The Morgan fingerprint density at radius 1 is 0.255 bits per heavy atom. The quantitative estimate of drug-likeness (QED) is 0.149. The molecule has 0 spiro atoms. The fourth-order valence-electron chi connectivity index (χ4n) is 15.3. The van der Waals surface area contributed by atoms with Crippen molar-refractivity contribution < 1.29 is 10.0 Å². The number of nitrogens with zero attached hydrogens (tertiary/aromatic N) is 4. The van der Waals surface area contributed by atoms with E-state index in [1.807, 2.05) is 89.7 Å². The highest BCUT2D eigenvalue weighted by atomic mass is 79.9. The van der Waals surface area contributed by atoms with Crippen LogP contribution in [0.5, 0.6) is 0 Å². The molecule has 0 unspecified atom stereocenters. The Hall–Kier alpha value is -12.0. The highest BCUT2D eigenvalue weighted by Crippen LogP contribution is 2.60. The van der Waals surface area contributed by atoms with Gasteiger partial charge in [-0.05, 0) is 185 Å². The van der Waals surface area contributed by atoms with Crippen LogP contribution in [-0.2, 0) is 0 Å². The molecule has 6 nitrogen and oxygen atoms in total. The van der Waals surface area contributed by atoms with E-state index in [9.17, 15) is 10.0 Å². The van der Waals surface area contributed by atoms with E-state index in [-0.39, 0.29) is 0 Å². The van der Waals surface area contributed by atoms with Gasteiger partial charge in [-0.1, -0.05) is 295 Å². The van der Waals surface area contributed by atoms with Crippen LogP contribution in [-0.4, -0.2) is 35.9 Å². The maximum absolute atomic E-state index is 10.1. The van der Waals surface area contributed by atoms with Gasteiger partial charge in [-0.3, -0.25) is 0 Å². The SMILES string of the molecule is Brc1ccc(-c2cn3ccccc3n2)cc1.OB(O)c1ccc2c3c(cccc13)-c1c-2c(-c2ccccc2)c2ccccc2c1-c1ccccc1.c1ccc(-c2c3c(c(-c4ccccc4)c4ccccc24)-c2ccc(-c4ccc(-c5cn6ccccc6n5)cc4)c4cccc-3c24)cc1. The second-order valence-corrected chi connectivity index (χ2v) is 25.9. The van der Waals surface area contributed by atoms with Crippen LogP contribution in [0.1, 0.15) is 0 Å². The summed E-state index contributed by atoms with van der Waals surface area (Å²) < 4.78 is 5.18. The number of hydrogen-bond donors (Lipinski definition) is 2. The van der Waals surface area contributed by atoms with E-state index in [1.165, 1.54) is 121 Å². The number of aromatic nitrogens is 4. The van der Waals surface area contributed by atoms with E-state index in [2.05, 4.69) is 280 Å². The van der Waals surface area contributed by atoms with Gasteiger partial charge < -0.3 is 18.8 Å². The molecular weight excluding hydrogens is 1260 g/mol. The highest BCUT2D eigenvalue weighted by Gasteiger charge is 2.34. The zero-order chi connectivity index (χ0) is 65.4. The molecule has 14 aromatic carbocycles. The number of pyridine rings is 2. The summed E-state index contributed by atoms with van der Waals surface area (Å²) in [6.07, 6.45) is 8.18. The van der Waals surface area contributed by atoms with Gasteiger partial charge in [0.15, 0.2) is 0 Å². The van der Waals surface area contributed by atoms with Gasteiger partial charge >= 0.3 is 7.12 Å². The molecule has 2 N–H and O–H groups in total. The van der Waals surface area contributed by atoms with Crippen molar-refractivity contribution in [1.29, 1.82) is 0 Å². The zero-order valence-electron chi connectivity index (χ0n) is 53.0. The lowest BCUT2D eigenvalue weighted by Gasteiger charge is -2.20. The smallest absolute Gasteiger partial charge is 0.423 e. The second-order valence-electron chi connectivity index (χ2n) is 25.0. The lowest BCUT2D eigenvalue weighted by atomic mass is 9.76. The molecule has 2 aliphatic carbocycles. The first kappa shape index (κ1) is 58.5. The third-order valence-corrected chi connectivity index (χ3v) is 20.0. The molecule has 0 saturated carbocycles. The van der Waals surface area contributed by atoms with Crippen molar-refractivity contribution in [3.8, 4) is 123 Å². The Kier molecular flexibility index (Phi) is 14.5. The van der Waals surface area contributed by atoms with Crippen LogP contribution in [0.4, 0.5) is 0 Å². The van der Waals surface area contributed by atoms with E-state index >= 15 is 0 Å². The summed E-state index contributed by atoms with van der Waals surface area (Å²) in [5.41, 5.74) is 28.9. The van der Waals surface area contributed by atoms with Crippen molar-refractivity contribution in [1.82, 2.24) is 18.8 Å². The minimum absolute atomic E-state index is 0.533. The van der Waals surface area contributed by atoms with Crippen LogP contribution >= 0.6 is 15.9 Å². The molecule has 2 aliphatic rings. The molecule has 0 bridgehead atoms. The second kappa shape index (κ2) is 24.3. The lowest BCUT2D eigenvalue weighted by Crippen LogP contribution is -2.30. The minimum Gasteiger partial charge on any atom is -0.423 e. The first-order valence-electron chi connectivity index (χ1n) is 33.0. The van der Waals surface area contributed by atoms with Crippen LogP contribution in [0.3, 0.4) is 0 Å². The molecule has 0 aliphatic heterocycles. The average Bonchev–Trinajstić information content (AvgIpc) is 1.53. The van der Waals surface area contributed by atoms with E-state index in [0.717, 1.165) is 60.2 Å². The van der Waals surface area contributed by atoms with Crippen LogP contribution in [0.2, 0.25) is 0 Å². The molecule has 0 fully saturated rings. The first-order valence-corrected chi connectivity index (χ1v) is 33.8. The Labute approximate surface area is 575 Å². The largest absolute Gasteiger partial charge is 0.489 e. The Morgan fingerprint density at radius 2 is 0.582 bits per heavy atom. The Morgan fingerprint density at radius 3 is 0.990 bits per heavy atom. The van der Waals surface area contributed by atoms with Gasteiger partial charge in [-0.25, -0.2) is 9.97 Å². The van der Waals surface area contributed by atoms with E-state index in [4.69, 9.17) is 4.98 Å². The predicted octanol–water partition coefficient (Wildman–Crippen LogP) is 22.4. The number of imidazole rings is 2. The van der Waals surface area contributed by atoms with Crippen molar-refractivity contribution >= 4 is 82.9 Å². The molecule has 98 heavy (non-hydrogen) atoms. The number of rotatable bonds is 8. The molecule has 4 heterocycles. The van der Waals surface area contributed by atoms with E-state index < -0.39 is 7.12 Å².